The SMILES string of the molecule is Cc1ccc(OCCCCCCCCN2C(=O)c3ccccc3C2=O)c(Cl)c1-c1ccccc1. The fourth-order valence-corrected chi connectivity index (χ4v) is 4.80. The van der Waals surface area contributed by atoms with Crippen molar-refractivity contribution >= 4 is 23.4 Å². The Kier molecular flexibility index (Phi) is 8.02. The molecule has 1 aliphatic rings. The lowest BCUT2D eigenvalue weighted by Gasteiger charge is -2.14. The van der Waals surface area contributed by atoms with Crippen LogP contribution in [0.2, 0.25) is 5.02 Å². The Morgan fingerprint density at radius 3 is 2.00 bits per heavy atom. The van der Waals surface area contributed by atoms with E-state index in [1.807, 2.05) is 24.3 Å². The molecule has 0 spiro atoms. The molecular weight excluding hydrogens is 446 g/mol. The topological polar surface area (TPSA) is 46.6 Å². The highest BCUT2D eigenvalue weighted by Gasteiger charge is 2.34. The van der Waals surface area contributed by atoms with Crippen LogP contribution in [0.4, 0.5) is 0 Å². The summed E-state index contributed by atoms with van der Waals surface area (Å²) in [5.41, 5.74) is 4.30. The van der Waals surface area contributed by atoms with E-state index in [4.69, 9.17) is 16.3 Å². The van der Waals surface area contributed by atoms with E-state index >= 15 is 0 Å². The average molecular weight is 476 g/mol. The Morgan fingerprint density at radius 2 is 1.32 bits per heavy atom. The van der Waals surface area contributed by atoms with Crippen molar-refractivity contribution in [3.8, 4) is 16.9 Å². The molecule has 0 bridgehead atoms. The van der Waals surface area contributed by atoms with Crippen LogP contribution in [-0.2, 0) is 0 Å². The third-order valence-corrected chi connectivity index (χ3v) is 6.66. The molecule has 0 saturated heterocycles. The van der Waals surface area contributed by atoms with Crippen LogP contribution < -0.4 is 4.74 Å². The van der Waals surface area contributed by atoms with Gasteiger partial charge in [0.1, 0.15) is 5.75 Å². The minimum absolute atomic E-state index is 0.164. The first-order chi connectivity index (χ1) is 16.6. The summed E-state index contributed by atoms with van der Waals surface area (Å²) in [5.74, 6) is 0.401. The van der Waals surface area contributed by atoms with E-state index in [1.54, 1.807) is 24.3 Å². The number of unbranched alkanes of at least 4 members (excludes halogenated alkanes) is 5. The van der Waals surface area contributed by atoms with E-state index < -0.39 is 0 Å². The van der Waals surface area contributed by atoms with Crippen LogP contribution in [0.15, 0.2) is 66.7 Å². The molecule has 3 aromatic rings. The van der Waals surface area contributed by atoms with Gasteiger partial charge in [-0.25, -0.2) is 0 Å². The van der Waals surface area contributed by atoms with Crippen molar-refractivity contribution in [1.82, 2.24) is 4.90 Å². The lowest BCUT2D eigenvalue weighted by Crippen LogP contribution is -2.30. The molecule has 0 aromatic heterocycles. The zero-order valence-corrected chi connectivity index (χ0v) is 20.3. The van der Waals surface area contributed by atoms with Gasteiger partial charge in [-0.1, -0.05) is 85.8 Å². The quantitative estimate of drug-likeness (QED) is 0.215. The summed E-state index contributed by atoms with van der Waals surface area (Å²) < 4.78 is 5.99. The molecule has 2 amide bonds. The van der Waals surface area contributed by atoms with Gasteiger partial charge in [0.2, 0.25) is 0 Å². The number of benzene rings is 3. The number of carbonyl (C=O) groups is 2. The number of hydrogen-bond acceptors (Lipinski definition) is 3. The molecule has 0 saturated carbocycles. The molecule has 3 aromatic carbocycles. The van der Waals surface area contributed by atoms with E-state index in [0.717, 1.165) is 61.0 Å². The van der Waals surface area contributed by atoms with Crippen molar-refractivity contribution in [1.29, 1.82) is 0 Å². The van der Waals surface area contributed by atoms with Crippen LogP contribution in [0, 0.1) is 6.92 Å². The van der Waals surface area contributed by atoms with Crippen molar-refractivity contribution in [3.05, 3.63) is 88.4 Å². The van der Waals surface area contributed by atoms with Gasteiger partial charge in [-0.3, -0.25) is 14.5 Å². The second-order valence-corrected chi connectivity index (χ2v) is 9.09. The first-order valence-corrected chi connectivity index (χ1v) is 12.4. The summed E-state index contributed by atoms with van der Waals surface area (Å²) in [6.07, 6.45) is 6.04. The molecule has 0 radical (unpaired) electrons. The smallest absolute Gasteiger partial charge is 0.261 e. The highest BCUT2D eigenvalue weighted by Crippen LogP contribution is 2.38. The van der Waals surface area contributed by atoms with Crippen LogP contribution in [0.3, 0.4) is 0 Å². The number of carbonyl (C=O) groups excluding carboxylic acids is 2. The molecular formula is C29H30ClNO3. The number of aryl methyl sites for hydroxylation is 1. The van der Waals surface area contributed by atoms with Gasteiger partial charge in [-0.2, -0.15) is 0 Å². The van der Waals surface area contributed by atoms with Gasteiger partial charge in [-0.05, 0) is 49.1 Å². The Hall–Kier alpha value is -3.11. The molecule has 4 nitrogen and oxygen atoms in total. The maximum absolute atomic E-state index is 12.4. The molecule has 0 aliphatic carbocycles. The fraction of sp³-hybridized carbons (Fsp3) is 0.310. The minimum Gasteiger partial charge on any atom is -0.492 e. The number of ether oxygens (including phenoxy) is 1. The molecule has 1 aliphatic heterocycles. The van der Waals surface area contributed by atoms with Crippen molar-refractivity contribution in [2.75, 3.05) is 13.2 Å². The summed E-state index contributed by atoms with van der Waals surface area (Å²) in [6.45, 7) is 3.18. The van der Waals surface area contributed by atoms with Gasteiger partial charge in [0.25, 0.3) is 11.8 Å². The number of halogens is 1. The number of rotatable bonds is 11. The zero-order chi connectivity index (χ0) is 23.9. The standard InChI is InChI=1S/C29H30ClNO3/c1-21-17-18-25(27(30)26(21)22-13-7-6-8-14-22)34-20-12-5-3-2-4-11-19-31-28(32)23-15-9-10-16-24(23)29(31)33/h6-10,13-18H,2-5,11-12,19-20H2,1H3. The minimum atomic E-state index is -0.164. The molecule has 0 N–H and O–H groups in total. The number of hydrogen-bond donors (Lipinski definition) is 0. The molecule has 5 heteroatoms. The van der Waals surface area contributed by atoms with Crippen molar-refractivity contribution < 1.29 is 14.3 Å². The van der Waals surface area contributed by atoms with E-state index in [9.17, 15) is 9.59 Å². The summed E-state index contributed by atoms with van der Waals surface area (Å²) in [7, 11) is 0. The number of fused-ring (bicyclic) bond motifs is 1. The molecule has 0 fully saturated rings. The molecule has 0 atom stereocenters. The highest BCUT2D eigenvalue weighted by atomic mass is 35.5. The molecule has 176 valence electrons. The van der Waals surface area contributed by atoms with Gasteiger partial charge < -0.3 is 4.74 Å². The van der Waals surface area contributed by atoms with Gasteiger partial charge in [0.05, 0.1) is 22.8 Å². The lowest BCUT2D eigenvalue weighted by molar-refractivity contribution is 0.0651. The molecule has 4 rings (SSSR count). The van der Waals surface area contributed by atoms with Crippen LogP contribution >= 0.6 is 11.6 Å². The number of imide groups is 1. The average Bonchev–Trinajstić information content (AvgIpc) is 3.10. The van der Waals surface area contributed by atoms with Crippen LogP contribution in [-0.4, -0.2) is 29.9 Å². The molecule has 1 heterocycles. The van der Waals surface area contributed by atoms with Crippen molar-refractivity contribution in [2.45, 2.75) is 45.4 Å². The predicted octanol–water partition coefficient (Wildman–Crippen LogP) is 7.33. The van der Waals surface area contributed by atoms with E-state index in [0.29, 0.717) is 29.3 Å². The second-order valence-electron chi connectivity index (χ2n) is 8.71. The van der Waals surface area contributed by atoms with Gasteiger partial charge in [0, 0.05) is 12.1 Å². The Balaban J connectivity index is 1.14. The van der Waals surface area contributed by atoms with Crippen LogP contribution in [0.25, 0.3) is 11.1 Å². The van der Waals surface area contributed by atoms with Crippen molar-refractivity contribution in [2.24, 2.45) is 0 Å². The van der Waals surface area contributed by atoms with E-state index in [2.05, 4.69) is 25.1 Å². The number of amides is 2. The monoisotopic (exact) mass is 475 g/mol. The predicted molar refractivity (Wildman–Crippen MR) is 137 cm³/mol. The number of nitrogens with zero attached hydrogens (tertiary/aromatic N) is 1. The Labute approximate surface area is 206 Å². The third kappa shape index (κ3) is 5.34. The largest absolute Gasteiger partial charge is 0.492 e. The van der Waals surface area contributed by atoms with Crippen molar-refractivity contribution in [3.63, 3.8) is 0 Å². The lowest BCUT2D eigenvalue weighted by atomic mass is 10.0. The first-order valence-electron chi connectivity index (χ1n) is 12.0. The van der Waals surface area contributed by atoms with E-state index in [-0.39, 0.29) is 11.8 Å². The first kappa shape index (κ1) is 24.0. The second kappa shape index (κ2) is 11.3. The van der Waals surface area contributed by atoms with Gasteiger partial charge >= 0.3 is 0 Å². The third-order valence-electron chi connectivity index (χ3n) is 6.29. The normalized spacial score (nSPS) is 12.8. The Morgan fingerprint density at radius 1 is 0.735 bits per heavy atom. The highest BCUT2D eigenvalue weighted by molar-refractivity contribution is 6.35. The summed E-state index contributed by atoms with van der Waals surface area (Å²) in [6, 6.07) is 21.2. The Bertz CT molecular complexity index is 1120. The van der Waals surface area contributed by atoms with Gasteiger partial charge in [-0.15, -0.1) is 0 Å². The van der Waals surface area contributed by atoms with Gasteiger partial charge in [0.15, 0.2) is 0 Å². The zero-order valence-electron chi connectivity index (χ0n) is 19.6. The van der Waals surface area contributed by atoms with Crippen LogP contribution in [0.1, 0.15) is 64.8 Å². The summed E-state index contributed by atoms with van der Waals surface area (Å²) in [4.78, 5) is 26.2. The maximum atomic E-state index is 12.4. The summed E-state index contributed by atoms with van der Waals surface area (Å²) >= 11 is 6.67. The molecule has 0 unspecified atom stereocenters. The fourth-order valence-electron chi connectivity index (χ4n) is 4.43. The van der Waals surface area contributed by atoms with Crippen LogP contribution in [0.5, 0.6) is 5.75 Å². The maximum Gasteiger partial charge on any atom is 0.261 e. The van der Waals surface area contributed by atoms with E-state index in [1.165, 1.54) is 4.90 Å². The molecule has 34 heavy (non-hydrogen) atoms. The summed E-state index contributed by atoms with van der Waals surface area (Å²) in [5, 5.41) is 0.666.